The Labute approximate surface area is 105 Å². The number of rotatable bonds is 3. The summed E-state index contributed by atoms with van der Waals surface area (Å²) in [7, 11) is 0. The molecular weight excluding hydrogens is 226 g/mol. The molecule has 0 aliphatic carbocycles. The van der Waals surface area contributed by atoms with Gasteiger partial charge in [-0.3, -0.25) is 0 Å². The first-order valence-corrected chi connectivity index (χ1v) is 6.09. The van der Waals surface area contributed by atoms with Crippen LogP contribution in [0.15, 0.2) is 41.4 Å². The number of aromatic nitrogens is 3. The van der Waals surface area contributed by atoms with E-state index in [9.17, 15) is 0 Å². The normalized spacial score (nSPS) is 11.5. The predicted octanol–water partition coefficient (Wildman–Crippen LogP) is 3.35. The number of para-hydroxylation sites is 1. The topological polar surface area (TPSA) is 43.9 Å². The molecule has 4 heteroatoms. The summed E-state index contributed by atoms with van der Waals surface area (Å²) >= 11 is 0. The first-order valence-electron chi connectivity index (χ1n) is 6.09. The van der Waals surface area contributed by atoms with Crippen LogP contribution in [0.2, 0.25) is 0 Å². The number of fused-ring (bicyclic) bond motifs is 1. The zero-order valence-corrected chi connectivity index (χ0v) is 10.5. The molecule has 3 aromatic rings. The lowest BCUT2D eigenvalue weighted by Crippen LogP contribution is -2.05. The van der Waals surface area contributed by atoms with Gasteiger partial charge in [0.1, 0.15) is 11.3 Å². The minimum absolute atomic E-state index is 0.578. The van der Waals surface area contributed by atoms with Gasteiger partial charge < -0.3 is 8.98 Å². The lowest BCUT2D eigenvalue weighted by molar-refractivity contribution is 0.527. The second-order valence-electron chi connectivity index (χ2n) is 4.80. The zero-order valence-electron chi connectivity index (χ0n) is 10.5. The van der Waals surface area contributed by atoms with Crippen LogP contribution in [0.5, 0.6) is 0 Å². The molecule has 1 aromatic carbocycles. The molecule has 4 nitrogen and oxygen atoms in total. The summed E-state index contributed by atoms with van der Waals surface area (Å²) < 4.78 is 7.49. The molecule has 0 saturated heterocycles. The summed E-state index contributed by atoms with van der Waals surface area (Å²) in [6.45, 7) is 5.34. The summed E-state index contributed by atoms with van der Waals surface area (Å²) in [5.74, 6) is 1.53. The quantitative estimate of drug-likeness (QED) is 0.706. The largest absolute Gasteiger partial charge is 0.443 e. The van der Waals surface area contributed by atoms with E-state index in [1.807, 2.05) is 30.6 Å². The van der Waals surface area contributed by atoms with Gasteiger partial charge in [0.2, 0.25) is 0 Å². The van der Waals surface area contributed by atoms with Gasteiger partial charge in [-0.2, -0.15) is 0 Å². The van der Waals surface area contributed by atoms with Crippen molar-refractivity contribution in [2.75, 3.05) is 0 Å². The molecule has 2 heterocycles. The third-order valence-corrected chi connectivity index (χ3v) is 2.88. The Balaban J connectivity index is 2.14. The van der Waals surface area contributed by atoms with Crippen LogP contribution in [0, 0.1) is 5.92 Å². The predicted molar refractivity (Wildman–Crippen MR) is 70.1 cm³/mol. The van der Waals surface area contributed by atoms with Gasteiger partial charge in [-0.1, -0.05) is 19.9 Å². The molecule has 0 spiro atoms. The van der Waals surface area contributed by atoms with Gasteiger partial charge in [-0.25, -0.2) is 9.97 Å². The average Bonchev–Trinajstić information content (AvgIpc) is 2.95. The van der Waals surface area contributed by atoms with Crippen molar-refractivity contribution in [3.63, 3.8) is 0 Å². The van der Waals surface area contributed by atoms with Crippen molar-refractivity contribution >= 4 is 11.1 Å². The van der Waals surface area contributed by atoms with E-state index in [2.05, 4.69) is 28.4 Å². The highest BCUT2D eigenvalue weighted by Gasteiger charge is 2.12. The van der Waals surface area contributed by atoms with Gasteiger partial charge in [0.15, 0.2) is 12.0 Å². The minimum atomic E-state index is 0.578. The van der Waals surface area contributed by atoms with Crippen molar-refractivity contribution in [2.45, 2.75) is 20.4 Å². The SMILES string of the molecule is CC(C)Cn1ccnc1-c1cccc2ocnc12. The number of oxazole rings is 1. The summed E-state index contributed by atoms with van der Waals surface area (Å²) in [4.78, 5) is 8.73. The van der Waals surface area contributed by atoms with Crippen LogP contribution in [0.3, 0.4) is 0 Å². The lowest BCUT2D eigenvalue weighted by atomic mass is 10.1. The van der Waals surface area contributed by atoms with E-state index in [-0.39, 0.29) is 0 Å². The molecule has 0 atom stereocenters. The maximum Gasteiger partial charge on any atom is 0.182 e. The Kier molecular flexibility index (Phi) is 2.63. The van der Waals surface area contributed by atoms with E-state index in [1.54, 1.807) is 0 Å². The molecule has 0 unspecified atom stereocenters. The van der Waals surface area contributed by atoms with Crippen molar-refractivity contribution in [2.24, 2.45) is 5.92 Å². The molecule has 0 amide bonds. The van der Waals surface area contributed by atoms with Gasteiger partial charge in [0.25, 0.3) is 0 Å². The van der Waals surface area contributed by atoms with Crippen molar-refractivity contribution in [3.05, 3.63) is 37.0 Å². The van der Waals surface area contributed by atoms with Crippen molar-refractivity contribution in [3.8, 4) is 11.4 Å². The van der Waals surface area contributed by atoms with E-state index in [0.717, 1.165) is 29.0 Å². The third kappa shape index (κ3) is 1.79. The first kappa shape index (κ1) is 11.0. The van der Waals surface area contributed by atoms with Crippen molar-refractivity contribution < 1.29 is 4.42 Å². The Bertz CT molecular complexity index is 666. The maximum absolute atomic E-state index is 5.33. The van der Waals surface area contributed by atoms with E-state index in [4.69, 9.17) is 4.42 Å². The van der Waals surface area contributed by atoms with Crippen LogP contribution < -0.4 is 0 Å². The highest BCUT2D eigenvalue weighted by Crippen LogP contribution is 2.26. The van der Waals surface area contributed by atoms with Crippen LogP contribution >= 0.6 is 0 Å². The van der Waals surface area contributed by atoms with Gasteiger partial charge in [-0.15, -0.1) is 0 Å². The molecule has 3 rings (SSSR count). The number of hydrogen-bond donors (Lipinski definition) is 0. The van der Waals surface area contributed by atoms with E-state index < -0.39 is 0 Å². The van der Waals surface area contributed by atoms with Crippen molar-refractivity contribution in [1.82, 2.24) is 14.5 Å². The molecule has 0 N–H and O–H groups in total. The zero-order chi connectivity index (χ0) is 12.5. The Morgan fingerprint density at radius 3 is 3.00 bits per heavy atom. The fraction of sp³-hybridized carbons (Fsp3) is 0.286. The molecule has 18 heavy (non-hydrogen) atoms. The summed E-state index contributed by atoms with van der Waals surface area (Å²) in [6.07, 6.45) is 5.31. The monoisotopic (exact) mass is 241 g/mol. The smallest absolute Gasteiger partial charge is 0.182 e. The molecule has 92 valence electrons. The Morgan fingerprint density at radius 1 is 1.28 bits per heavy atom. The number of imidazole rings is 1. The van der Waals surface area contributed by atoms with Gasteiger partial charge in [0, 0.05) is 24.5 Å². The maximum atomic E-state index is 5.33. The van der Waals surface area contributed by atoms with Crippen LogP contribution in [-0.4, -0.2) is 14.5 Å². The standard InChI is InChI=1S/C14H15N3O/c1-10(2)8-17-7-6-15-14(17)11-4-3-5-12-13(11)16-9-18-12/h3-7,9-10H,8H2,1-2H3. The fourth-order valence-corrected chi connectivity index (χ4v) is 2.16. The number of hydrogen-bond acceptors (Lipinski definition) is 3. The minimum Gasteiger partial charge on any atom is -0.443 e. The molecule has 2 aromatic heterocycles. The molecule has 0 aliphatic rings. The van der Waals surface area contributed by atoms with Crippen molar-refractivity contribution in [1.29, 1.82) is 0 Å². The molecular formula is C14H15N3O. The molecule has 0 saturated carbocycles. The number of benzene rings is 1. The Hall–Kier alpha value is -2.10. The number of nitrogens with zero attached hydrogens (tertiary/aromatic N) is 3. The van der Waals surface area contributed by atoms with Crippen LogP contribution in [0.1, 0.15) is 13.8 Å². The summed E-state index contributed by atoms with van der Waals surface area (Å²) in [5.41, 5.74) is 2.69. The van der Waals surface area contributed by atoms with Crippen LogP contribution in [0.4, 0.5) is 0 Å². The van der Waals surface area contributed by atoms with Gasteiger partial charge in [-0.05, 0) is 18.1 Å². The summed E-state index contributed by atoms with van der Waals surface area (Å²) in [6, 6.07) is 5.92. The Morgan fingerprint density at radius 2 is 2.17 bits per heavy atom. The van der Waals surface area contributed by atoms with E-state index >= 15 is 0 Å². The summed E-state index contributed by atoms with van der Waals surface area (Å²) in [5, 5.41) is 0. The molecule has 0 fully saturated rings. The van der Waals surface area contributed by atoms with E-state index in [0.29, 0.717) is 5.92 Å². The van der Waals surface area contributed by atoms with Crippen LogP contribution in [-0.2, 0) is 6.54 Å². The lowest BCUT2D eigenvalue weighted by Gasteiger charge is -2.10. The second kappa shape index (κ2) is 4.29. The second-order valence-corrected chi connectivity index (χ2v) is 4.80. The first-order chi connectivity index (χ1) is 8.75. The molecule has 0 bridgehead atoms. The van der Waals surface area contributed by atoms with Crippen LogP contribution in [0.25, 0.3) is 22.5 Å². The highest BCUT2D eigenvalue weighted by atomic mass is 16.3. The molecule has 0 aliphatic heterocycles. The molecule has 0 radical (unpaired) electrons. The van der Waals surface area contributed by atoms with Gasteiger partial charge in [0.05, 0.1) is 0 Å². The third-order valence-electron chi connectivity index (χ3n) is 2.88. The van der Waals surface area contributed by atoms with E-state index in [1.165, 1.54) is 6.39 Å². The highest BCUT2D eigenvalue weighted by molar-refractivity contribution is 5.88. The average molecular weight is 241 g/mol. The fourth-order valence-electron chi connectivity index (χ4n) is 2.16. The van der Waals surface area contributed by atoms with Gasteiger partial charge >= 0.3 is 0 Å².